The minimum absolute atomic E-state index is 0.135. The van der Waals surface area contributed by atoms with Gasteiger partial charge in [-0.05, 0) is 80.9 Å². The number of pyridine rings is 1. The van der Waals surface area contributed by atoms with E-state index >= 15 is 0 Å². The monoisotopic (exact) mass is 556 g/mol. The number of benzene rings is 3. The largest absolute Gasteiger partial charge is 0.491 e. The van der Waals surface area contributed by atoms with Crippen LogP contribution in [0.3, 0.4) is 0 Å². The van der Waals surface area contributed by atoms with Crippen LogP contribution in [-0.4, -0.2) is 58.5 Å². The van der Waals surface area contributed by atoms with E-state index in [0.29, 0.717) is 18.0 Å². The van der Waals surface area contributed by atoms with Crippen LogP contribution < -0.4 is 14.4 Å². The number of nitrogens with one attached hydrogen (secondary N) is 1. The number of hydrogen-bond donors (Lipinski definition) is 1. The average Bonchev–Trinajstić information content (AvgIpc) is 3.72. The first-order valence-corrected chi connectivity index (χ1v) is 14.9. The lowest BCUT2D eigenvalue weighted by molar-refractivity contribution is -0.119. The average molecular weight is 557 g/mol. The van der Waals surface area contributed by atoms with Crippen molar-refractivity contribution in [2.75, 3.05) is 43.9 Å². The number of fused-ring (bicyclic) bond motifs is 4. The van der Waals surface area contributed by atoms with E-state index in [2.05, 4.69) is 20.7 Å². The normalized spacial score (nSPS) is 15.6. The number of carbonyl (C=O) groups excluding carboxylic acids is 1. The number of carbonyl (C=O) groups is 1. The lowest BCUT2D eigenvalue weighted by atomic mass is 9.92. The summed E-state index contributed by atoms with van der Waals surface area (Å²) in [6.45, 7) is 1.31. The number of aromatic nitrogens is 1. The molecule has 2 heterocycles. The second-order valence-corrected chi connectivity index (χ2v) is 12.5. The molecular formula is C31H32N4O4S. The van der Waals surface area contributed by atoms with Gasteiger partial charge in [0.15, 0.2) is 0 Å². The fraction of sp³-hybridized carbons (Fsp3) is 0.290. The summed E-state index contributed by atoms with van der Waals surface area (Å²) in [6, 6.07) is 19.9. The molecule has 1 aliphatic carbocycles. The summed E-state index contributed by atoms with van der Waals surface area (Å²) >= 11 is 0. The molecule has 3 aromatic carbocycles. The summed E-state index contributed by atoms with van der Waals surface area (Å²) in [5.41, 5.74) is 4.42. The van der Waals surface area contributed by atoms with E-state index in [1.54, 1.807) is 41.4 Å². The first-order chi connectivity index (χ1) is 19.2. The Balaban J connectivity index is 1.40. The molecule has 0 atom stereocenters. The number of ether oxygens (including phenoxy) is 1. The maximum atomic E-state index is 13.2. The highest BCUT2D eigenvalue weighted by Crippen LogP contribution is 2.58. The Morgan fingerprint density at radius 2 is 1.75 bits per heavy atom. The van der Waals surface area contributed by atoms with Gasteiger partial charge in [0.25, 0.3) is 10.0 Å². The van der Waals surface area contributed by atoms with Crippen molar-refractivity contribution in [3.63, 3.8) is 0 Å². The SMILES string of the molecule is CN(C)CCCOc1ccc(-c2ccc3ncc4c(c3c2)C2(CC2)C(=O)N4C)cc1NS(=O)(=O)c1ccccc1. The van der Waals surface area contributed by atoms with Gasteiger partial charge in [-0.2, -0.15) is 0 Å². The molecule has 2 aliphatic rings. The van der Waals surface area contributed by atoms with E-state index < -0.39 is 15.4 Å². The molecular weight excluding hydrogens is 524 g/mol. The van der Waals surface area contributed by atoms with Crippen LogP contribution in [0.1, 0.15) is 24.8 Å². The molecule has 1 aromatic heterocycles. The first-order valence-electron chi connectivity index (χ1n) is 13.4. The molecule has 1 N–H and O–H groups in total. The van der Waals surface area contributed by atoms with Crippen molar-refractivity contribution in [3.05, 3.63) is 78.5 Å². The second-order valence-electron chi connectivity index (χ2n) is 10.8. The van der Waals surface area contributed by atoms with E-state index in [1.807, 2.05) is 51.5 Å². The summed E-state index contributed by atoms with van der Waals surface area (Å²) in [5.74, 6) is 0.602. The predicted molar refractivity (Wildman–Crippen MR) is 157 cm³/mol. The first kappa shape index (κ1) is 26.3. The minimum atomic E-state index is -3.83. The Hall–Kier alpha value is -3.95. The zero-order valence-corrected chi connectivity index (χ0v) is 23.7. The Kier molecular flexibility index (Phi) is 6.51. The maximum absolute atomic E-state index is 13.2. The molecule has 1 aliphatic heterocycles. The van der Waals surface area contributed by atoms with Crippen molar-refractivity contribution in [1.29, 1.82) is 0 Å². The number of rotatable bonds is 9. The third-order valence-corrected chi connectivity index (χ3v) is 9.15. The number of amides is 1. The van der Waals surface area contributed by atoms with Crippen LogP contribution in [0.4, 0.5) is 11.4 Å². The molecule has 0 radical (unpaired) electrons. The third kappa shape index (κ3) is 4.59. The summed E-state index contributed by atoms with van der Waals surface area (Å²) < 4.78 is 35.3. The summed E-state index contributed by atoms with van der Waals surface area (Å²) in [4.78, 5) is 21.6. The number of anilines is 2. The number of nitrogens with zero attached hydrogens (tertiary/aromatic N) is 3. The molecule has 4 aromatic rings. The molecule has 0 saturated heterocycles. The van der Waals surface area contributed by atoms with Crippen LogP contribution in [0.25, 0.3) is 22.0 Å². The molecule has 40 heavy (non-hydrogen) atoms. The summed E-state index contributed by atoms with van der Waals surface area (Å²) in [7, 11) is 1.98. The van der Waals surface area contributed by atoms with Gasteiger partial charge in [-0.1, -0.05) is 30.3 Å². The van der Waals surface area contributed by atoms with Gasteiger partial charge in [0.1, 0.15) is 5.75 Å². The molecule has 206 valence electrons. The van der Waals surface area contributed by atoms with Gasteiger partial charge in [0.05, 0.1) is 40.0 Å². The third-order valence-electron chi connectivity index (χ3n) is 7.77. The van der Waals surface area contributed by atoms with Gasteiger partial charge >= 0.3 is 0 Å². The van der Waals surface area contributed by atoms with Crippen molar-refractivity contribution in [2.45, 2.75) is 29.6 Å². The van der Waals surface area contributed by atoms with Crippen molar-refractivity contribution in [3.8, 4) is 16.9 Å². The summed E-state index contributed by atoms with van der Waals surface area (Å²) in [6.07, 6.45) is 4.29. The van der Waals surface area contributed by atoms with Gasteiger partial charge in [0, 0.05) is 24.5 Å². The lowest BCUT2D eigenvalue weighted by Gasteiger charge is -2.17. The standard InChI is InChI=1S/C31H32N4O4S/c1-34(2)16-7-17-39-28-13-11-22(19-26(28)33-40(37,38)23-8-5-4-6-9-23)21-10-12-25-24(18-21)29-27(20-32-25)35(3)30(36)31(29)14-15-31/h4-6,8-13,18-20,33H,7,14-17H2,1-3H3. The van der Waals surface area contributed by atoms with E-state index in [9.17, 15) is 13.2 Å². The zero-order chi connectivity index (χ0) is 28.1. The van der Waals surface area contributed by atoms with E-state index in [4.69, 9.17) is 4.74 Å². The Morgan fingerprint density at radius 3 is 2.48 bits per heavy atom. The quantitative estimate of drug-likeness (QED) is 0.291. The smallest absolute Gasteiger partial charge is 0.262 e. The molecule has 1 fully saturated rings. The van der Waals surface area contributed by atoms with Gasteiger partial charge in [0.2, 0.25) is 5.91 Å². The Morgan fingerprint density at radius 1 is 1.02 bits per heavy atom. The molecule has 0 bridgehead atoms. The van der Waals surface area contributed by atoms with E-state index in [-0.39, 0.29) is 10.8 Å². The number of hydrogen-bond acceptors (Lipinski definition) is 6. The van der Waals surface area contributed by atoms with Gasteiger partial charge in [-0.15, -0.1) is 0 Å². The van der Waals surface area contributed by atoms with Crippen molar-refractivity contribution in [1.82, 2.24) is 9.88 Å². The molecule has 1 saturated carbocycles. The van der Waals surface area contributed by atoms with Crippen LogP contribution in [0.15, 0.2) is 77.8 Å². The second kappa shape index (κ2) is 9.91. The predicted octanol–water partition coefficient (Wildman–Crippen LogP) is 5.04. The van der Waals surface area contributed by atoms with Gasteiger partial charge in [-0.25, -0.2) is 8.42 Å². The highest BCUT2D eigenvalue weighted by atomic mass is 32.2. The van der Waals surface area contributed by atoms with Crippen LogP contribution in [-0.2, 0) is 20.2 Å². The fourth-order valence-electron chi connectivity index (χ4n) is 5.53. The van der Waals surface area contributed by atoms with Crippen LogP contribution in [0.5, 0.6) is 5.75 Å². The van der Waals surface area contributed by atoms with Gasteiger partial charge in [-0.3, -0.25) is 14.5 Å². The molecule has 6 rings (SSSR count). The van der Waals surface area contributed by atoms with Gasteiger partial charge < -0.3 is 14.5 Å². The highest BCUT2D eigenvalue weighted by Gasteiger charge is 2.59. The van der Waals surface area contributed by atoms with Crippen molar-refractivity contribution >= 4 is 38.2 Å². The van der Waals surface area contributed by atoms with Crippen molar-refractivity contribution in [2.24, 2.45) is 0 Å². The molecule has 1 spiro atoms. The molecule has 0 unspecified atom stereocenters. The van der Waals surface area contributed by atoms with Crippen molar-refractivity contribution < 1.29 is 17.9 Å². The summed E-state index contributed by atoms with van der Waals surface area (Å²) in [5, 5.41) is 0.959. The Labute approximate surface area is 234 Å². The van der Waals surface area contributed by atoms with Crippen LogP contribution in [0.2, 0.25) is 0 Å². The zero-order valence-electron chi connectivity index (χ0n) is 22.8. The van der Waals surface area contributed by atoms with Crippen LogP contribution in [0, 0.1) is 0 Å². The highest BCUT2D eigenvalue weighted by molar-refractivity contribution is 7.92. The van der Waals surface area contributed by atoms with Crippen LogP contribution >= 0.6 is 0 Å². The molecule has 9 heteroatoms. The number of likely N-dealkylation sites (N-methyl/N-ethyl adjacent to an activating group) is 1. The molecule has 8 nitrogen and oxygen atoms in total. The lowest BCUT2D eigenvalue weighted by Crippen LogP contribution is -2.28. The topological polar surface area (TPSA) is 91.8 Å². The maximum Gasteiger partial charge on any atom is 0.262 e. The Bertz CT molecular complexity index is 1720. The fourth-order valence-corrected chi connectivity index (χ4v) is 6.61. The van der Waals surface area contributed by atoms with E-state index in [1.165, 1.54) is 0 Å². The number of sulfonamides is 1. The minimum Gasteiger partial charge on any atom is -0.491 e. The van der Waals surface area contributed by atoms with E-state index in [0.717, 1.165) is 59.1 Å². The molecule has 1 amide bonds.